The zero-order valence-electron chi connectivity index (χ0n) is 9.63. The van der Waals surface area contributed by atoms with E-state index in [-0.39, 0.29) is 4.21 Å². The molecule has 0 unspecified atom stereocenters. The molecule has 18 heavy (non-hydrogen) atoms. The molecule has 1 aromatic heterocycles. The highest BCUT2D eigenvalue weighted by Gasteiger charge is 2.15. The lowest BCUT2D eigenvalue weighted by atomic mass is 10.1. The lowest BCUT2D eigenvalue weighted by molar-refractivity contribution is 0.611. The van der Waals surface area contributed by atoms with E-state index in [1.54, 1.807) is 17.5 Å². The molecular formula is C13H11ClO2S2. The molecule has 0 amide bonds. The number of thiophene rings is 1. The molecule has 1 heterocycles. The Bertz CT molecular complexity index is 667. The Balaban J connectivity index is 2.30. The molecule has 0 atom stereocenters. The minimum absolute atomic E-state index is 0.188. The highest BCUT2D eigenvalue weighted by Crippen LogP contribution is 2.27. The van der Waals surface area contributed by atoms with Crippen LogP contribution in [0.1, 0.15) is 16.7 Å². The van der Waals surface area contributed by atoms with Gasteiger partial charge in [0.2, 0.25) is 0 Å². The fourth-order valence-electron chi connectivity index (χ4n) is 1.49. The summed E-state index contributed by atoms with van der Waals surface area (Å²) < 4.78 is 22.8. The summed E-state index contributed by atoms with van der Waals surface area (Å²) in [4.78, 5) is 0. The van der Waals surface area contributed by atoms with E-state index in [0.29, 0.717) is 5.56 Å². The normalized spacial score (nSPS) is 12.1. The third-order valence-electron chi connectivity index (χ3n) is 2.41. The van der Waals surface area contributed by atoms with Crippen molar-refractivity contribution in [3.8, 4) is 0 Å². The summed E-state index contributed by atoms with van der Waals surface area (Å²) in [5.41, 5.74) is 2.83. The zero-order valence-corrected chi connectivity index (χ0v) is 12.0. The van der Waals surface area contributed by atoms with Gasteiger partial charge in [0.15, 0.2) is 0 Å². The van der Waals surface area contributed by atoms with Crippen LogP contribution in [0, 0.1) is 6.92 Å². The number of hydrogen-bond acceptors (Lipinski definition) is 3. The van der Waals surface area contributed by atoms with E-state index in [4.69, 9.17) is 10.7 Å². The topological polar surface area (TPSA) is 34.1 Å². The van der Waals surface area contributed by atoms with E-state index >= 15 is 0 Å². The second kappa shape index (κ2) is 5.26. The lowest BCUT2D eigenvalue weighted by Gasteiger charge is -1.96. The number of halogens is 1. The van der Waals surface area contributed by atoms with Gasteiger partial charge in [0.05, 0.1) is 0 Å². The summed E-state index contributed by atoms with van der Waals surface area (Å²) in [6, 6.07) is 9.71. The van der Waals surface area contributed by atoms with Crippen LogP contribution in [-0.2, 0) is 9.05 Å². The molecule has 5 heteroatoms. The standard InChI is InChI=1S/C13H11ClO2S2/c1-10-2-4-11(5-3-10)6-7-12-8-9-17-13(12)18(14,15)16/h2-9H,1H3. The van der Waals surface area contributed by atoms with Gasteiger partial charge in [-0.1, -0.05) is 42.0 Å². The van der Waals surface area contributed by atoms with Crippen LogP contribution in [0.25, 0.3) is 12.2 Å². The first-order chi connectivity index (χ1) is 8.47. The molecule has 1 aromatic carbocycles. The van der Waals surface area contributed by atoms with Crippen LogP contribution in [0.4, 0.5) is 0 Å². The maximum Gasteiger partial charge on any atom is 0.271 e. The molecule has 2 aromatic rings. The van der Waals surface area contributed by atoms with E-state index in [0.717, 1.165) is 16.9 Å². The third kappa shape index (κ3) is 3.22. The van der Waals surface area contributed by atoms with E-state index in [9.17, 15) is 8.42 Å². The van der Waals surface area contributed by atoms with Crippen LogP contribution in [0.5, 0.6) is 0 Å². The first kappa shape index (κ1) is 13.3. The van der Waals surface area contributed by atoms with Gasteiger partial charge in [0, 0.05) is 16.2 Å². The monoisotopic (exact) mass is 298 g/mol. The van der Waals surface area contributed by atoms with E-state index in [2.05, 4.69) is 0 Å². The number of benzene rings is 1. The minimum atomic E-state index is -3.66. The molecule has 2 rings (SSSR count). The zero-order chi connectivity index (χ0) is 13.2. The first-order valence-corrected chi connectivity index (χ1v) is 8.42. The highest BCUT2D eigenvalue weighted by atomic mass is 35.7. The summed E-state index contributed by atoms with van der Waals surface area (Å²) in [7, 11) is 1.69. The molecule has 0 saturated heterocycles. The Morgan fingerprint density at radius 3 is 2.39 bits per heavy atom. The minimum Gasteiger partial charge on any atom is -0.206 e. The maximum absolute atomic E-state index is 11.3. The summed E-state index contributed by atoms with van der Waals surface area (Å²) in [6.45, 7) is 2.02. The van der Waals surface area contributed by atoms with Crippen molar-refractivity contribution in [2.24, 2.45) is 0 Å². The van der Waals surface area contributed by atoms with Gasteiger partial charge < -0.3 is 0 Å². The van der Waals surface area contributed by atoms with Crippen LogP contribution in [0.15, 0.2) is 39.9 Å². The molecule has 0 aliphatic heterocycles. The summed E-state index contributed by atoms with van der Waals surface area (Å²) in [5.74, 6) is 0. The average Bonchev–Trinajstić information content (AvgIpc) is 2.76. The predicted molar refractivity (Wildman–Crippen MR) is 77.5 cm³/mol. The Labute approximate surface area is 115 Å². The van der Waals surface area contributed by atoms with Crippen LogP contribution in [-0.4, -0.2) is 8.42 Å². The Hall–Kier alpha value is -1.10. The van der Waals surface area contributed by atoms with Crippen LogP contribution in [0.3, 0.4) is 0 Å². The molecule has 0 aliphatic rings. The largest absolute Gasteiger partial charge is 0.271 e. The summed E-state index contributed by atoms with van der Waals surface area (Å²) in [6.07, 6.45) is 3.63. The molecule has 0 N–H and O–H groups in total. The van der Waals surface area contributed by atoms with Gasteiger partial charge >= 0.3 is 0 Å². The van der Waals surface area contributed by atoms with Crippen molar-refractivity contribution in [2.45, 2.75) is 11.1 Å². The van der Waals surface area contributed by atoms with Gasteiger partial charge in [-0.15, -0.1) is 11.3 Å². The van der Waals surface area contributed by atoms with E-state index < -0.39 is 9.05 Å². The van der Waals surface area contributed by atoms with E-state index in [1.807, 2.05) is 37.3 Å². The summed E-state index contributed by atoms with van der Waals surface area (Å²) in [5, 5.41) is 1.71. The molecule has 0 aliphatic carbocycles. The van der Waals surface area contributed by atoms with E-state index in [1.165, 1.54) is 5.56 Å². The van der Waals surface area contributed by atoms with Crippen molar-refractivity contribution >= 4 is 43.2 Å². The molecule has 0 saturated carbocycles. The van der Waals surface area contributed by atoms with Gasteiger partial charge in [-0.05, 0) is 23.9 Å². The Kier molecular flexibility index (Phi) is 3.90. The molecule has 0 spiro atoms. The Morgan fingerprint density at radius 1 is 1.11 bits per heavy atom. The van der Waals surface area contributed by atoms with Crippen molar-refractivity contribution < 1.29 is 8.42 Å². The second-order valence-electron chi connectivity index (χ2n) is 3.85. The third-order valence-corrected chi connectivity index (χ3v) is 5.50. The van der Waals surface area contributed by atoms with Gasteiger partial charge in [0.25, 0.3) is 9.05 Å². The smallest absolute Gasteiger partial charge is 0.206 e. The highest BCUT2D eigenvalue weighted by molar-refractivity contribution is 8.15. The molecule has 0 radical (unpaired) electrons. The number of hydrogen-bond donors (Lipinski definition) is 0. The first-order valence-electron chi connectivity index (χ1n) is 5.24. The molecule has 94 valence electrons. The fourth-order valence-corrected chi connectivity index (χ4v) is 3.74. The van der Waals surface area contributed by atoms with Gasteiger partial charge in [-0.3, -0.25) is 0 Å². The average molecular weight is 299 g/mol. The SMILES string of the molecule is Cc1ccc(C=Cc2ccsc2S(=O)(=O)Cl)cc1. The van der Waals surface area contributed by atoms with Crippen LogP contribution >= 0.6 is 22.0 Å². The van der Waals surface area contributed by atoms with Gasteiger partial charge in [0.1, 0.15) is 4.21 Å². The van der Waals surface area contributed by atoms with Gasteiger partial charge in [-0.25, -0.2) is 8.42 Å². The molecular weight excluding hydrogens is 288 g/mol. The van der Waals surface area contributed by atoms with Crippen molar-refractivity contribution in [1.82, 2.24) is 0 Å². The van der Waals surface area contributed by atoms with Gasteiger partial charge in [-0.2, -0.15) is 0 Å². The van der Waals surface area contributed by atoms with Crippen molar-refractivity contribution in [1.29, 1.82) is 0 Å². The Morgan fingerprint density at radius 2 is 1.78 bits per heavy atom. The maximum atomic E-state index is 11.3. The predicted octanol–water partition coefficient (Wildman–Crippen LogP) is 4.15. The van der Waals surface area contributed by atoms with Crippen molar-refractivity contribution in [3.63, 3.8) is 0 Å². The number of aryl methyl sites for hydroxylation is 1. The van der Waals surface area contributed by atoms with Crippen LogP contribution in [0.2, 0.25) is 0 Å². The van der Waals surface area contributed by atoms with Crippen molar-refractivity contribution in [2.75, 3.05) is 0 Å². The molecule has 2 nitrogen and oxygen atoms in total. The number of rotatable bonds is 3. The molecule has 0 bridgehead atoms. The second-order valence-corrected chi connectivity index (χ2v) is 7.52. The quantitative estimate of drug-likeness (QED) is 0.798. The van der Waals surface area contributed by atoms with Crippen molar-refractivity contribution in [3.05, 3.63) is 52.4 Å². The lowest BCUT2D eigenvalue weighted by Crippen LogP contribution is -1.87. The fraction of sp³-hybridized carbons (Fsp3) is 0.0769. The van der Waals surface area contributed by atoms with Crippen LogP contribution < -0.4 is 0 Å². The summed E-state index contributed by atoms with van der Waals surface area (Å²) >= 11 is 1.12. The molecule has 0 fully saturated rings.